The van der Waals surface area contributed by atoms with E-state index in [9.17, 15) is 9.59 Å². The second kappa shape index (κ2) is 13.1. The van der Waals surface area contributed by atoms with E-state index < -0.39 is 11.7 Å². The lowest BCUT2D eigenvalue weighted by atomic mass is 9.89. The van der Waals surface area contributed by atoms with Gasteiger partial charge in [-0.05, 0) is 108 Å². The van der Waals surface area contributed by atoms with Crippen molar-refractivity contribution < 1.29 is 23.5 Å². The maximum Gasteiger partial charge on any atom is 0.409 e. The molecule has 2 aliphatic rings. The van der Waals surface area contributed by atoms with Crippen molar-refractivity contribution in [3.8, 4) is 22.6 Å². The first kappa shape index (κ1) is 34.2. The Morgan fingerprint density at radius 3 is 2.34 bits per heavy atom. The first-order chi connectivity index (χ1) is 23.8. The Morgan fingerprint density at radius 1 is 1.02 bits per heavy atom. The number of likely N-dealkylation sites (tertiary alicyclic amines) is 2. The zero-order valence-electron chi connectivity index (χ0n) is 29.7. The number of amides is 1. The standard InChI is InChI=1S/C39H44ClN5O5/c1-22-18-30-36(33(24-8-11-27(40)12-9-24)32(22)35(23(2)46)50-39(3,4)5)49-37(41-30)26-10-13-31-29(19-26)34(42-43(31)6)25-14-16-44(17-15-25)28-20-45(21-28)38(47)48-7/h8-13,18-19,25,28,35H,14-17,20-21H2,1-7H3. The fraction of sp³-hybridized carbons (Fsp3) is 0.436. The Balaban J connectivity index is 1.25. The van der Waals surface area contributed by atoms with Crippen LogP contribution in [0.3, 0.4) is 0 Å². The Hall–Kier alpha value is -4.25. The summed E-state index contributed by atoms with van der Waals surface area (Å²) in [7, 11) is 3.42. The number of piperidine rings is 1. The predicted octanol–water partition coefficient (Wildman–Crippen LogP) is 8.09. The van der Waals surface area contributed by atoms with Crippen LogP contribution in [-0.2, 0) is 21.3 Å². The Labute approximate surface area is 297 Å². The average Bonchev–Trinajstić information content (AvgIpc) is 3.63. The first-order valence-electron chi connectivity index (χ1n) is 17.2. The summed E-state index contributed by atoms with van der Waals surface area (Å²) in [4.78, 5) is 34.2. The van der Waals surface area contributed by atoms with Gasteiger partial charge >= 0.3 is 6.09 Å². The number of ether oxygens (including phenoxy) is 2. The van der Waals surface area contributed by atoms with E-state index in [1.165, 1.54) is 7.11 Å². The topological polar surface area (TPSA) is 103 Å². The van der Waals surface area contributed by atoms with Crippen molar-refractivity contribution in [1.82, 2.24) is 24.6 Å². The van der Waals surface area contributed by atoms with E-state index in [4.69, 9.17) is 35.6 Å². The third-order valence-corrected chi connectivity index (χ3v) is 10.3. The number of halogens is 1. The van der Waals surface area contributed by atoms with Crippen molar-refractivity contribution in [1.29, 1.82) is 0 Å². The Morgan fingerprint density at radius 2 is 1.70 bits per heavy atom. The number of ketones is 1. The zero-order chi connectivity index (χ0) is 35.5. The van der Waals surface area contributed by atoms with Crippen molar-refractivity contribution in [2.24, 2.45) is 7.05 Å². The fourth-order valence-corrected chi connectivity index (χ4v) is 7.63. The van der Waals surface area contributed by atoms with Crippen LogP contribution in [0, 0.1) is 6.92 Å². The molecule has 10 nitrogen and oxygen atoms in total. The minimum Gasteiger partial charge on any atom is -0.453 e. The highest BCUT2D eigenvalue weighted by atomic mass is 35.5. The van der Waals surface area contributed by atoms with E-state index in [2.05, 4.69) is 17.0 Å². The van der Waals surface area contributed by atoms with Gasteiger partial charge in [-0.2, -0.15) is 5.10 Å². The van der Waals surface area contributed by atoms with Crippen LogP contribution in [0.1, 0.15) is 69.4 Å². The van der Waals surface area contributed by atoms with Crippen molar-refractivity contribution in [2.75, 3.05) is 33.3 Å². The molecule has 1 amide bonds. The number of Topliss-reactive ketones (excluding diaryl/α,β-unsaturated/α-hetero) is 1. The molecule has 5 aromatic rings. The summed E-state index contributed by atoms with van der Waals surface area (Å²) in [6.07, 6.45) is 0.941. The molecular weight excluding hydrogens is 654 g/mol. The molecule has 0 spiro atoms. The zero-order valence-corrected chi connectivity index (χ0v) is 30.5. The molecule has 2 aliphatic heterocycles. The van der Waals surface area contributed by atoms with Crippen LogP contribution >= 0.6 is 11.6 Å². The summed E-state index contributed by atoms with van der Waals surface area (Å²) in [5.41, 5.74) is 7.02. The number of rotatable bonds is 7. The molecule has 50 heavy (non-hydrogen) atoms. The lowest BCUT2D eigenvalue weighted by Gasteiger charge is -2.46. The van der Waals surface area contributed by atoms with Gasteiger partial charge in [-0.3, -0.25) is 14.4 Å². The lowest BCUT2D eigenvalue weighted by Crippen LogP contribution is -2.62. The van der Waals surface area contributed by atoms with E-state index in [1.807, 2.05) is 75.8 Å². The molecule has 0 saturated carbocycles. The molecule has 0 N–H and O–H groups in total. The third-order valence-electron chi connectivity index (χ3n) is 10.0. The molecular formula is C39H44ClN5O5. The molecule has 4 heterocycles. The highest BCUT2D eigenvalue weighted by Crippen LogP contribution is 2.43. The highest BCUT2D eigenvalue weighted by molar-refractivity contribution is 6.30. The van der Waals surface area contributed by atoms with E-state index >= 15 is 0 Å². The molecule has 7 rings (SSSR count). The van der Waals surface area contributed by atoms with Crippen LogP contribution in [0.2, 0.25) is 5.02 Å². The number of benzene rings is 3. The molecule has 2 fully saturated rings. The van der Waals surface area contributed by atoms with Gasteiger partial charge in [0.2, 0.25) is 5.89 Å². The molecule has 11 heteroatoms. The number of aromatic nitrogens is 3. The van der Waals surface area contributed by atoms with Crippen LogP contribution in [-0.4, -0.2) is 81.4 Å². The first-order valence-corrected chi connectivity index (χ1v) is 17.6. The molecule has 3 aromatic carbocycles. The van der Waals surface area contributed by atoms with Gasteiger partial charge in [0.1, 0.15) is 11.6 Å². The third kappa shape index (κ3) is 6.40. The van der Waals surface area contributed by atoms with Gasteiger partial charge in [0, 0.05) is 59.2 Å². The van der Waals surface area contributed by atoms with Crippen LogP contribution in [0.25, 0.3) is 44.6 Å². The molecule has 262 valence electrons. The van der Waals surface area contributed by atoms with Gasteiger partial charge in [0.05, 0.1) is 23.9 Å². The molecule has 0 bridgehead atoms. The number of oxazole rings is 1. The van der Waals surface area contributed by atoms with Gasteiger partial charge in [0.25, 0.3) is 0 Å². The van der Waals surface area contributed by atoms with Crippen LogP contribution in [0.15, 0.2) is 52.9 Å². The largest absolute Gasteiger partial charge is 0.453 e. The molecule has 2 saturated heterocycles. The number of fused-ring (bicyclic) bond motifs is 2. The molecule has 2 aromatic heterocycles. The number of hydrogen-bond donors (Lipinski definition) is 0. The number of carbonyl (C=O) groups excluding carboxylic acids is 2. The van der Waals surface area contributed by atoms with E-state index in [-0.39, 0.29) is 11.9 Å². The van der Waals surface area contributed by atoms with E-state index in [0.717, 1.165) is 83.4 Å². The second-order valence-electron chi connectivity index (χ2n) is 14.7. The van der Waals surface area contributed by atoms with Crippen molar-refractivity contribution >= 4 is 45.5 Å². The van der Waals surface area contributed by atoms with Crippen LogP contribution < -0.4 is 0 Å². The fourth-order valence-electron chi connectivity index (χ4n) is 7.50. The smallest absolute Gasteiger partial charge is 0.409 e. The molecule has 1 atom stereocenters. The summed E-state index contributed by atoms with van der Waals surface area (Å²) >= 11 is 6.30. The van der Waals surface area contributed by atoms with Gasteiger partial charge in [-0.15, -0.1) is 0 Å². The summed E-state index contributed by atoms with van der Waals surface area (Å²) in [5.74, 6) is 0.724. The van der Waals surface area contributed by atoms with Gasteiger partial charge in [-0.25, -0.2) is 9.78 Å². The van der Waals surface area contributed by atoms with Gasteiger partial charge < -0.3 is 18.8 Å². The highest BCUT2D eigenvalue weighted by Gasteiger charge is 2.38. The summed E-state index contributed by atoms with van der Waals surface area (Å²) in [6.45, 7) is 12.8. The van der Waals surface area contributed by atoms with Crippen molar-refractivity contribution in [3.05, 3.63) is 70.4 Å². The number of nitrogens with zero attached hydrogens (tertiary/aromatic N) is 5. The Kier molecular flexibility index (Phi) is 8.99. The van der Waals surface area contributed by atoms with Crippen LogP contribution in [0.4, 0.5) is 4.79 Å². The quantitative estimate of drug-likeness (QED) is 0.168. The maximum absolute atomic E-state index is 13.2. The molecule has 0 aliphatic carbocycles. The van der Waals surface area contributed by atoms with Crippen LogP contribution in [0.5, 0.6) is 0 Å². The van der Waals surface area contributed by atoms with E-state index in [1.54, 1.807) is 11.8 Å². The van der Waals surface area contributed by atoms with Crippen molar-refractivity contribution in [2.45, 2.75) is 71.1 Å². The maximum atomic E-state index is 13.2. The molecule has 0 radical (unpaired) electrons. The lowest BCUT2D eigenvalue weighted by molar-refractivity contribution is -0.138. The number of hydrogen-bond acceptors (Lipinski definition) is 8. The summed E-state index contributed by atoms with van der Waals surface area (Å²) < 4.78 is 19.9. The monoisotopic (exact) mass is 697 g/mol. The van der Waals surface area contributed by atoms with Crippen molar-refractivity contribution in [3.63, 3.8) is 0 Å². The number of carbonyl (C=O) groups is 2. The number of aryl methyl sites for hydroxylation is 2. The predicted molar refractivity (Wildman–Crippen MR) is 194 cm³/mol. The molecule has 1 unspecified atom stereocenters. The second-order valence-corrected chi connectivity index (χ2v) is 15.1. The minimum absolute atomic E-state index is 0.0893. The van der Waals surface area contributed by atoms with Gasteiger partial charge in [-0.1, -0.05) is 23.7 Å². The van der Waals surface area contributed by atoms with Gasteiger partial charge in [0.15, 0.2) is 11.4 Å². The summed E-state index contributed by atoms with van der Waals surface area (Å²) in [6, 6.07) is 16.2. The normalized spacial score (nSPS) is 17.0. The minimum atomic E-state index is -0.796. The van der Waals surface area contributed by atoms with E-state index in [0.29, 0.717) is 34.0 Å². The Bertz CT molecular complexity index is 2080. The number of methoxy groups -OCH3 is 1. The summed E-state index contributed by atoms with van der Waals surface area (Å²) in [5, 5.41) is 6.72. The average molecular weight is 698 g/mol. The SMILES string of the molecule is COC(=O)N1CC(N2CCC(c3nn(C)c4ccc(-c5nc6cc(C)c(C(OC(C)(C)C)C(C)=O)c(-c7ccc(Cl)cc7)c6o5)cc34)CC2)C1.